The van der Waals surface area contributed by atoms with Gasteiger partial charge in [-0.2, -0.15) is 0 Å². The highest BCUT2D eigenvalue weighted by molar-refractivity contribution is 6.30. The third-order valence-corrected chi connectivity index (χ3v) is 4.89. The van der Waals surface area contributed by atoms with E-state index in [0.29, 0.717) is 12.6 Å². The van der Waals surface area contributed by atoms with Gasteiger partial charge in [0.1, 0.15) is 0 Å². The summed E-state index contributed by atoms with van der Waals surface area (Å²) < 4.78 is 5.99. The lowest BCUT2D eigenvalue weighted by molar-refractivity contribution is -0.0453. The van der Waals surface area contributed by atoms with Crippen LogP contribution in [0, 0.1) is 0 Å². The zero-order chi connectivity index (χ0) is 16.8. The number of nitrogens with zero attached hydrogens (tertiary/aromatic N) is 2. The Morgan fingerprint density at radius 3 is 2.96 bits per heavy atom. The van der Waals surface area contributed by atoms with Crippen molar-refractivity contribution < 1.29 is 4.74 Å². The third-order valence-electron chi connectivity index (χ3n) is 4.64. The number of halogens is 1. The Hall–Kier alpha value is -1.30. The van der Waals surface area contributed by atoms with Gasteiger partial charge in [0.05, 0.1) is 19.3 Å². The molecule has 2 unspecified atom stereocenters. The normalized spacial score (nSPS) is 24.7. The van der Waals surface area contributed by atoms with E-state index in [-0.39, 0.29) is 6.10 Å². The smallest absolute Gasteiger partial charge is 0.191 e. The van der Waals surface area contributed by atoms with Crippen molar-refractivity contribution in [3.63, 3.8) is 0 Å². The minimum absolute atomic E-state index is 0.235. The molecule has 2 heterocycles. The number of ether oxygens (including phenoxy) is 1. The predicted molar refractivity (Wildman–Crippen MR) is 98.6 cm³/mol. The van der Waals surface area contributed by atoms with E-state index < -0.39 is 0 Å². The SMILES string of the molecule is CCNC(=NCc1ccc(Cl)cc1)NCC1CN2CCCC2CO1. The number of hydrogen-bond acceptors (Lipinski definition) is 3. The summed E-state index contributed by atoms with van der Waals surface area (Å²) in [5.74, 6) is 0.833. The van der Waals surface area contributed by atoms with Crippen LogP contribution in [-0.4, -0.2) is 55.8 Å². The first-order chi connectivity index (χ1) is 11.7. The number of benzene rings is 1. The van der Waals surface area contributed by atoms with Crippen LogP contribution in [0.4, 0.5) is 0 Å². The second kappa shape index (κ2) is 8.70. The summed E-state index contributed by atoms with van der Waals surface area (Å²) in [6.07, 6.45) is 2.82. The van der Waals surface area contributed by atoms with Crippen LogP contribution in [0.15, 0.2) is 29.3 Å². The van der Waals surface area contributed by atoms with E-state index in [1.54, 1.807) is 0 Å². The Morgan fingerprint density at radius 2 is 2.17 bits per heavy atom. The van der Waals surface area contributed by atoms with Crippen molar-refractivity contribution in [1.29, 1.82) is 0 Å². The molecule has 2 saturated heterocycles. The first-order valence-electron chi connectivity index (χ1n) is 8.87. The molecular formula is C18H27ClN4O. The van der Waals surface area contributed by atoms with Crippen LogP contribution >= 0.6 is 11.6 Å². The summed E-state index contributed by atoms with van der Waals surface area (Å²) in [5, 5.41) is 7.46. The standard InChI is InChI=1S/C18H27ClN4O/c1-2-20-18(21-10-14-5-7-15(19)8-6-14)22-11-17-12-23-9-3-4-16(23)13-24-17/h5-8,16-17H,2-4,9-13H2,1H3,(H2,20,21,22). The van der Waals surface area contributed by atoms with E-state index in [1.807, 2.05) is 24.3 Å². The Kier molecular flexibility index (Phi) is 6.35. The van der Waals surface area contributed by atoms with Gasteiger partial charge in [-0.25, -0.2) is 4.99 Å². The molecule has 0 radical (unpaired) electrons. The van der Waals surface area contributed by atoms with E-state index in [2.05, 4.69) is 27.4 Å². The molecule has 0 aromatic heterocycles. The zero-order valence-electron chi connectivity index (χ0n) is 14.3. The van der Waals surface area contributed by atoms with E-state index in [9.17, 15) is 0 Å². The molecule has 0 amide bonds. The monoisotopic (exact) mass is 350 g/mol. The van der Waals surface area contributed by atoms with Crippen LogP contribution in [0.1, 0.15) is 25.3 Å². The van der Waals surface area contributed by atoms with Crippen molar-refractivity contribution in [1.82, 2.24) is 15.5 Å². The van der Waals surface area contributed by atoms with Crippen molar-refractivity contribution >= 4 is 17.6 Å². The Bertz CT molecular complexity index is 548. The summed E-state index contributed by atoms with van der Waals surface area (Å²) in [4.78, 5) is 7.21. The quantitative estimate of drug-likeness (QED) is 0.631. The van der Waals surface area contributed by atoms with Crippen LogP contribution < -0.4 is 10.6 Å². The van der Waals surface area contributed by atoms with Crippen LogP contribution in [0.5, 0.6) is 0 Å². The molecule has 0 bridgehead atoms. The van der Waals surface area contributed by atoms with Crippen molar-refractivity contribution in [2.75, 3.05) is 32.8 Å². The number of guanidine groups is 1. The second-order valence-corrected chi connectivity index (χ2v) is 6.89. The minimum atomic E-state index is 0.235. The fourth-order valence-corrected chi connectivity index (χ4v) is 3.45. The van der Waals surface area contributed by atoms with E-state index in [1.165, 1.54) is 19.4 Å². The summed E-state index contributed by atoms with van der Waals surface area (Å²) in [6, 6.07) is 8.46. The fraction of sp³-hybridized carbons (Fsp3) is 0.611. The van der Waals surface area contributed by atoms with Crippen LogP contribution in [0.3, 0.4) is 0 Å². The zero-order valence-corrected chi connectivity index (χ0v) is 15.1. The molecule has 2 fully saturated rings. The molecular weight excluding hydrogens is 324 g/mol. The number of morpholine rings is 1. The molecule has 5 nitrogen and oxygen atoms in total. The average Bonchev–Trinajstić information content (AvgIpc) is 3.06. The number of fused-ring (bicyclic) bond motifs is 1. The van der Waals surface area contributed by atoms with Gasteiger partial charge in [-0.1, -0.05) is 23.7 Å². The lowest BCUT2D eigenvalue weighted by Crippen LogP contribution is -2.51. The molecule has 0 saturated carbocycles. The van der Waals surface area contributed by atoms with Gasteiger partial charge < -0.3 is 15.4 Å². The Morgan fingerprint density at radius 1 is 1.33 bits per heavy atom. The van der Waals surface area contributed by atoms with Gasteiger partial charge in [0.15, 0.2) is 5.96 Å². The van der Waals surface area contributed by atoms with Gasteiger partial charge in [-0.05, 0) is 44.0 Å². The molecule has 0 aliphatic carbocycles. The fourth-order valence-electron chi connectivity index (χ4n) is 3.32. The molecule has 132 valence electrons. The van der Waals surface area contributed by atoms with Gasteiger partial charge in [0.25, 0.3) is 0 Å². The maximum absolute atomic E-state index is 5.99. The molecule has 2 aliphatic rings. The Labute approximate surface area is 149 Å². The number of rotatable bonds is 5. The number of aliphatic imine (C=N–C) groups is 1. The summed E-state index contributed by atoms with van der Waals surface area (Å²) in [7, 11) is 0. The molecule has 24 heavy (non-hydrogen) atoms. The molecule has 0 spiro atoms. The largest absolute Gasteiger partial charge is 0.373 e. The molecule has 2 atom stereocenters. The van der Waals surface area contributed by atoms with E-state index in [0.717, 1.165) is 42.8 Å². The third kappa shape index (κ3) is 4.85. The molecule has 3 rings (SSSR count). The summed E-state index contributed by atoms with van der Waals surface area (Å²) in [6.45, 7) is 7.44. The summed E-state index contributed by atoms with van der Waals surface area (Å²) >= 11 is 5.92. The maximum Gasteiger partial charge on any atom is 0.191 e. The van der Waals surface area contributed by atoms with Gasteiger partial charge in [-0.3, -0.25) is 4.90 Å². The van der Waals surface area contributed by atoms with Crippen LogP contribution in [-0.2, 0) is 11.3 Å². The van der Waals surface area contributed by atoms with E-state index in [4.69, 9.17) is 16.3 Å². The highest BCUT2D eigenvalue weighted by Crippen LogP contribution is 2.22. The minimum Gasteiger partial charge on any atom is -0.373 e. The Balaban J connectivity index is 1.49. The molecule has 6 heteroatoms. The topological polar surface area (TPSA) is 48.9 Å². The van der Waals surface area contributed by atoms with Gasteiger partial charge in [-0.15, -0.1) is 0 Å². The molecule has 1 aromatic carbocycles. The lowest BCUT2D eigenvalue weighted by atomic mass is 10.2. The van der Waals surface area contributed by atoms with Crippen molar-refractivity contribution in [2.45, 2.75) is 38.5 Å². The molecule has 2 aliphatic heterocycles. The highest BCUT2D eigenvalue weighted by Gasteiger charge is 2.32. The van der Waals surface area contributed by atoms with Crippen molar-refractivity contribution in [3.8, 4) is 0 Å². The van der Waals surface area contributed by atoms with E-state index >= 15 is 0 Å². The van der Waals surface area contributed by atoms with Gasteiger partial charge in [0, 0.05) is 30.7 Å². The predicted octanol–water partition coefficient (Wildman–Crippen LogP) is 2.26. The number of hydrogen-bond donors (Lipinski definition) is 2. The molecule has 2 N–H and O–H groups in total. The average molecular weight is 351 g/mol. The van der Waals surface area contributed by atoms with Gasteiger partial charge >= 0.3 is 0 Å². The lowest BCUT2D eigenvalue weighted by Gasteiger charge is -2.35. The highest BCUT2D eigenvalue weighted by atomic mass is 35.5. The van der Waals surface area contributed by atoms with Crippen molar-refractivity contribution in [2.24, 2.45) is 4.99 Å². The second-order valence-electron chi connectivity index (χ2n) is 6.45. The first kappa shape index (κ1) is 17.5. The van der Waals surface area contributed by atoms with Crippen LogP contribution in [0.25, 0.3) is 0 Å². The molecule has 1 aromatic rings. The number of nitrogens with one attached hydrogen (secondary N) is 2. The van der Waals surface area contributed by atoms with Gasteiger partial charge in [0.2, 0.25) is 0 Å². The van der Waals surface area contributed by atoms with Crippen LogP contribution in [0.2, 0.25) is 5.02 Å². The first-order valence-corrected chi connectivity index (χ1v) is 9.24. The summed E-state index contributed by atoms with van der Waals surface area (Å²) in [5.41, 5.74) is 1.14. The maximum atomic E-state index is 5.99. The van der Waals surface area contributed by atoms with Crippen molar-refractivity contribution in [3.05, 3.63) is 34.9 Å².